The number of hydrogen-bond donors (Lipinski definition) is 1. The van der Waals surface area contributed by atoms with Crippen molar-refractivity contribution in [3.05, 3.63) is 35.7 Å². The van der Waals surface area contributed by atoms with Gasteiger partial charge in [-0.25, -0.2) is 4.98 Å². The van der Waals surface area contributed by atoms with Crippen LogP contribution in [0.2, 0.25) is 0 Å². The molecule has 0 fully saturated rings. The van der Waals surface area contributed by atoms with Crippen molar-refractivity contribution in [2.24, 2.45) is 0 Å². The van der Waals surface area contributed by atoms with Gasteiger partial charge in [0.25, 0.3) is 0 Å². The van der Waals surface area contributed by atoms with Crippen LogP contribution < -0.4 is 10.1 Å². The standard InChI is InChI=1S/C15H20N2O2/c1-10(2)16-8-13-9-19-15(17-13)12-6-5-11(3)14(7-12)18-4/h5-7,9-10,16H,8H2,1-4H3. The second-order valence-corrected chi connectivity index (χ2v) is 4.86. The quantitative estimate of drug-likeness (QED) is 0.897. The van der Waals surface area contributed by atoms with Gasteiger partial charge in [-0.05, 0) is 24.6 Å². The molecule has 0 unspecified atom stereocenters. The fourth-order valence-corrected chi connectivity index (χ4v) is 1.78. The molecule has 1 aromatic carbocycles. The predicted molar refractivity (Wildman–Crippen MR) is 75.2 cm³/mol. The van der Waals surface area contributed by atoms with E-state index in [1.165, 1.54) is 0 Å². The molecule has 19 heavy (non-hydrogen) atoms. The summed E-state index contributed by atoms with van der Waals surface area (Å²) in [5.74, 6) is 1.47. The Bertz CT molecular complexity index is 547. The van der Waals surface area contributed by atoms with Crippen LogP contribution in [0, 0.1) is 6.92 Å². The highest BCUT2D eigenvalue weighted by Crippen LogP contribution is 2.26. The lowest BCUT2D eigenvalue weighted by atomic mass is 10.1. The van der Waals surface area contributed by atoms with Crippen LogP contribution in [-0.4, -0.2) is 18.1 Å². The predicted octanol–water partition coefficient (Wildman–Crippen LogP) is 3.16. The average Bonchev–Trinajstić information content (AvgIpc) is 2.86. The van der Waals surface area contributed by atoms with E-state index in [9.17, 15) is 0 Å². The number of hydrogen-bond acceptors (Lipinski definition) is 4. The van der Waals surface area contributed by atoms with Crippen LogP contribution in [0.1, 0.15) is 25.1 Å². The summed E-state index contributed by atoms with van der Waals surface area (Å²) in [5, 5.41) is 3.31. The van der Waals surface area contributed by atoms with Crippen LogP contribution in [0.5, 0.6) is 5.75 Å². The summed E-state index contributed by atoms with van der Waals surface area (Å²) in [7, 11) is 1.67. The van der Waals surface area contributed by atoms with Gasteiger partial charge in [-0.15, -0.1) is 0 Å². The van der Waals surface area contributed by atoms with Crippen LogP contribution in [0.15, 0.2) is 28.9 Å². The lowest BCUT2D eigenvalue weighted by Gasteiger charge is -2.05. The highest BCUT2D eigenvalue weighted by molar-refractivity contribution is 5.57. The van der Waals surface area contributed by atoms with E-state index in [-0.39, 0.29) is 0 Å². The molecule has 0 aliphatic heterocycles. The van der Waals surface area contributed by atoms with Gasteiger partial charge in [0, 0.05) is 18.2 Å². The largest absolute Gasteiger partial charge is 0.496 e. The summed E-state index contributed by atoms with van der Waals surface area (Å²) >= 11 is 0. The van der Waals surface area contributed by atoms with Gasteiger partial charge in [-0.3, -0.25) is 0 Å². The van der Waals surface area contributed by atoms with Gasteiger partial charge < -0.3 is 14.5 Å². The van der Waals surface area contributed by atoms with Gasteiger partial charge in [0.1, 0.15) is 12.0 Å². The molecule has 1 N–H and O–H groups in total. The second kappa shape index (κ2) is 5.89. The van der Waals surface area contributed by atoms with Crippen LogP contribution in [0.3, 0.4) is 0 Å². The number of aromatic nitrogens is 1. The van der Waals surface area contributed by atoms with Crippen molar-refractivity contribution in [3.8, 4) is 17.2 Å². The number of nitrogens with one attached hydrogen (secondary N) is 1. The highest BCUT2D eigenvalue weighted by Gasteiger charge is 2.09. The Kier molecular flexibility index (Phi) is 4.22. The topological polar surface area (TPSA) is 47.3 Å². The second-order valence-electron chi connectivity index (χ2n) is 4.86. The molecule has 0 amide bonds. The van der Waals surface area contributed by atoms with Gasteiger partial charge in [0.15, 0.2) is 0 Å². The zero-order chi connectivity index (χ0) is 13.8. The van der Waals surface area contributed by atoms with Crippen LogP contribution in [0.25, 0.3) is 11.5 Å². The van der Waals surface area contributed by atoms with E-state index in [0.717, 1.165) is 22.6 Å². The first kappa shape index (κ1) is 13.6. The number of aryl methyl sites for hydroxylation is 1. The third-order valence-corrected chi connectivity index (χ3v) is 2.90. The first-order valence-electron chi connectivity index (χ1n) is 6.43. The minimum Gasteiger partial charge on any atom is -0.496 e. The maximum atomic E-state index is 5.52. The van der Waals surface area contributed by atoms with Crippen molar-refractivity contribution in [1.82, 2.24) is 10.3 Å². The van der Waals surface area contributed by atoms with Crippen molar-refractivity contribution in [3.63, 3.8) is 0 Å². The highest BCUT2D eigenvalue weighted by atomic mass is 16.5. The smallest absolute Gasteiger partial charge is 0.226 e. The van der Waals surface area contributed by atoms with Crippen LogP contribution in [-0.2, 0) is 6.54 Å². The van der Waals surface area contributed by atoms with Crippen molar-refractivity contribution in [2.45, 2.75) is 33.4 Å². The molecule has 4 heteroatoms. The van der Waals surface area contributed by atoms with Gasteiger partial charge >= 0.3 is 0 Å². The lowest BCUT2D eigenvalue weighted by Crippen LogP contribution is -2.21. The third-order valence-electron chi connectivity index (χ3n) is 2.90. The van der Waals surface area contributed by atoms with E-state index >= 15 is 0 Å². The Balaban J connectivity index is 2.18. The molecule has 0 saturated heterocycles. The van der Waals surface area contributed by atoms with Gasteiger partial charge in [-0.2, -0.15) is 0 Å². The molecule has 0 atom stereocenters. The summed E-state index contributed by atoms with van der Waals surface area (Å²) in [6.07, 6.45) is 1.69. The summed E-state index contributed by atoms with van der Waals surface area (Å²) < 4.78 is 10.8. The van der Waals surface area contributed by atoms with Gasteiger partial charge in [0.2, 0.25) is 5.89 Å². The van der Waals surface area contributed by atoms with Gasteiger partial charge in [-0.1, -0.05) is 19.9 Å². The Morgan fingerprint density at radius 2 is 2.16 bits per heavy atom. The van der Waals surface area contributed by atoms with Crippen LogP contribution in [0.4, 0.5) is 0 Å². The minimum atomic E-state index is 0.430. The minimum absolute atomic E-state index is 0.430. The summed E-state index contributed by atoms with van der Waals surface area (Å²) in [5.41, 5.74) is 2.93. The monoisotopic (exact) mass is 260 g/mol. The Morgan fingerprint density at radius 3 is 2.84 bits per heavy atom. The van der Waals surface area contributed by atoms with Crippen molar-refractivity contribution >= 4 is 0 Å². The number of benzene rings is 1. The SMILES string of the molecule is COc1cc(-c2nc(CNC(C)C)co2)ccc1C. The molecule has 1 heterocycles. The van der Waals surface area contributed by atoms with Crippen molar-refractivity contribution < 1.29 is 9.15 Å². The molecule has 0 spiro atoms. The molecule has 0 bridgehead atoms. The van der Waals surface area contributed by atoms with E-state index < -0.39 is 0 Å². The maximum absolute atomic E-state index is 5.52. The lowest BCUT2D eigenvalue weighted by molar-refractivity contribution is 0.411. The third kappa shape index (κ3) is 3.35. The van der Waals surface area contributed by atoms with Crippen molar-refractivity contribution in [2.75, 3.05) is 7.11 Å². The Hall–Kier alpha value is -1.81. The molecule has 0 aliphatic rings. The van der Waals surface area contributed by atoms with E-state index in [4.69, 9.17) is 9.15 Å². The molecule has 0 aliphatic carbocycles. The molecule has 2 rings (SSSR count). The summed E-state index contributed by atoms with van der Waals surface area (Å²) in [6.45, 7) is 6.93. The molecule has 0 radical (unpaired) electrons. The van der Waals surface area contributed by atoms with E-state index in [1.54, 1.807) is 13.4 Å². The molecular formula is C15H20N2O2. The molecule has 1 aromatic heterocycles. The van der Waals surface area contributed by atoms with Gasteiger partial charge in [0.05, 0.1) is 12.8 Å². The zero-order valence-electron chi connectivity index (χ0n) is 11.9. The zero-order valence-corrected chi connectivity index (χ0v) is 11.9. The number of methoxy groups -OCH3 is 1. The molecule has 102 valence electrons. The molecule has 4 nitrogen and oxygen atoms in total. The summed E-state index contributed by atoms with van der Waals surface area (Å²) in [4.78, 5) is 4.47. The fourth-order valence-electron chi connectivity index (χ4n) is 1.78. The number of ether oxygens (including phenoxy) is 1. The number of nitrogens with zero attached hydrogens (tertiary/aromatic N) is 1. The summed E-state index contributed by atoms with van der Waals surface area (Å²) in [6, 6.07) is 6.37. The first-order valence-corrected chi connectivity index (χ1v) is 6.43. The molecular weight excluding hydrogens is 240 g/mol. The Labute approximate surface area is 113 Å². The maximum Gasteiger partial charge on any atom is 0.226 e. The number of rotatable bonds is 5. The molecule has 2 aromatic rings. The van der Waals surface area contributed by atoms with E-state index in [1.807, 2.05) is 25.1 Å². The average molecular weight is 260 g/mol. The Morgan fingerprint density at radius 1 is 1.37 bits per heavy atom. The van der Waals surface area contributed by atoms with E-state index in [2.05, 4.69) is 24.1 Å². The number of oxazole rings is 1. The van der Waals surface area contributed by atoms with Crippen LogP contribution >= 0.6 is 0 Å². The van der Waals surface area contributed by atoms with E-state index in [0.29, 0.717) is 18.5 Å². The molecule has 0 saturated carbocycles. The first-order chi connectivity index (χ1) is 9.10. The normalized spacial score (nSPS) is 11.0. The van der Waals surface area contributed by atoms with Crippen molar-refractivity contribution in [1.29, 1.82) is 0 Å². The fraction of sp³-hybridized carbons (Fsp3) is 0.400.